The first-order valence-corrected chi connectivity index (χ1v) is 10.4. The van der Waals surface area contributed by atoms with Crippen LogP contribution >= 0.6 is 0 Å². The SMILES string of the molecule is CCN(CC)S(=O)(=O)c1cccc(NC(=O)CNc2ccc(C(N)=O)c(F)c2)c1. The maximum absolute atomic E-state index is 13.7. The predicted molar refractivity (Wildman–Crippen MR) is 109 cm³/mol. The summed E-state index contributed by atoms with van der Waals surface area (Å²) < 4.78 is 40.2. The number of carbonyl (C=O) groups is 2. The number of nitrogens with one attached hydrogen (secondary N) is 2. The Kier molecular flexibility index (Phi) is 7.29. The average Bonchev–Trinajstić information content (AvgIpc) is 2.67. The minimum atomic E-state index is -3.64. The topological polar surface area (TPSA) is 122 Å². The zero-order valence-electron chi connectivity index (χ0n) is 16.1. The van der Waals surface area contributed by atoms with Crippen molar-refractivity contribution in [1.29, 1.82) is 0 Å². The number of benzene rings is 2. The van der Waals surface area contributed by atoms with E-state index in [-0.39, 0.29) is 17.0 Å². The highest BCUT2D eigenvalue weighted by Gasteiger charge is 2.21. The summed E-state index contributed by atoms with van der Waals surface area (Å²) in [7, 11) is -3.64. The van der Waals surface area contributed by atoms with Crippen molar-refractivity contribution in [1.82, 2.24) is 4.31 Å². The molecule has 0 unspecified atom stereocenters. The smallest absolute Gasteiger partial charge is 0.251 e. The zero-order valence-corrected chi connectivity index (χ0v) is 16.9. The van der Waals surface area contributed by atoms with Gasteiger partial charge in [-0.2, -0.15) is 4.31 Å². The largest absolute Gasteiger partial charge is 0.376 e. The van der Waals surface area contributed by atoms with E-state index >= 15 is 0 Å². The van der Waals surface area contributed by atoms with E-state index in [1.54, 1.807) is 19.9 Å². The number of amides is 2. The molecule has 0 fully saturated rings. The maximum atomic E-state index is 13.7. The van der Waals surface area contributed by atoms with Crippen molar-refractivity contribution in [3.63, 3.8) is 0 Å². The number of halogens is 1. The second kappa shape index (κ2) is 9.48. The molecule has 0 atom stereocenters. The summed E-state index contributed by atoms with van der Waals surface area (Å²) in [6.45, 7) is 3.98. The van der Waals surface area contributed by atoms with Crippen LogP contribution in [0.2, 0.25) is 0 Å². The number of sulfonamides is 1. The molecule has 0 heterocycles. The van der Waals surface area contributed by atoms with Crippen LogP contribution in [-0.2, 0) is 14.8 Å². The lowest BCUT2D eigenvalue weighted by molar-refractivity contribution is -0.114. The van der Waals surface area contributed by atoms with E-state index in [0.29, 0.717) is 24.5 Å². The minimum Gasteiger partial charge on any atom is -0.376 e. The van der Waals surface area contributed by atoms with Gasteiger partial charge in [0.2, 0.25) is 15.9 Å². The van der Waals surface area contributed by atoms with Crippen molar-refractivity contribution >= 4 is 33.2 Å². The lowest BCUT2D eigenvalue weighted by Gasteiger charge is -2.19. The Hall–Kier alpha value is -2.98. The predicted octanol–water partition coefficient (Wildman–Crippen LogP) is 2.01. The van der Waals surface area contributed by atoms with Crippen molar-refractivity contribution in [3.05, 3.63) is 53.8 Å². The van der Waals surface area contributed by atoms with Crippen molar-refractivity contribution in [2.45, 2.75) is 18.7 Å². The minimum absolute atomic E-state index is 0.0797. The fraction of sp³-hybridized carbons (Fsp3) is 0.263. The van der Waals surface area contributed by atoms with Crippen LogP contribution in [0.1, 0.15) is 24.2 Å². The summed E-state index contributed by atoms with van der Waals surface area (Å²) in [5.74, 6) is -2.13. The van der Waals surface area contributed by atoms with Crippen LogP contribution in [0.5, 0.6) is 0 Å². The quantitative estimate of drug-likeness (QED) is 0.571. The van der Waals surface area contributed by atoms with Gasteiger partial charge < -0.3 is 16.4 Å². The molecule has 2 rings (SSSR count). The number of nitrogens with two attached hydrogens (primary N) is 1. The highest BCUT2D eigenvalue weighted by Crippen LogP contribution is 2.20. The first kappa shape index (κ1) is 22.3. The van der Waals surface area contributed by atoms with E-state index in [2.05, 4.69) is 10.6 Å². The van der Waals surface area contributed by atoms with Gasteiger partial charge in [-0.25, -0.2) is 12.8 Å². The Balaban J connectivity index is 2.05. The molecule has 29 heavy (non-hydrogen) atoms. The molecule has 2 aromatic carbocycles. The number of hydrogen-bond donors (Lipinski definition) is 3. The normalized spacial score (nSPS) is 11.3. The third kappa shape index (κ3) is 5.52. The molecule has 0 aliphatic rings. The van der Waals surface area contributed by atoms with Crippen LogP contribution in [0.4, 0.5) is 15.8 Å². The summed E-state index contributed by atoms with van der Waals surface area (Å²) in [4.78, 5) is 23.3. The van der Waals surface area contributed by atoms with Gasteiger partial charge in [-0.3, -0.25) is 9.59 Å². The molecule has 0 saturated heterocycles. The molecule has 2 aromatic rings. The summed E-state index contributed by atoms with van der Waals surface area (Å²) >= 11 is 0. The Morgan fingerprint density at radius 3 is 2.34 bits per heavy atom. The Bertz CT molecular complexity index is 1010. The molecule has 0 aliphatic carbocycles. The van der Waals surface area contributed by atoms with Crippen LogP contribution in [0.3, 0.4) is 0 Å². The van der Waals surface area contributed by atoms with Crippen molar-refractivity contribution in [3.8, 4) is 0 Å². The number of nitrogens with zero attached hydrogens (tertiary/aromatic N) is 1. The summed E-state index contributed by atoms with van der Waals surface area (Å²) in [6, 6.07) is 9.66. The second-order valence-corrected chi connectivity index (χ2v) is 8.02. The van der Waals surface area contributed by atoms with E-state index < -0.39 is 27.7 Å². The molecule has 4 N–H and O–H groups in total. The van der Waals surface area contributed by atoms with Crippen LogP contribution in [-0.4, -0.2) is 44.2 Å². The molecular formula is C19H23FN4O4S. The van der Waals surface area contributed by atoms with Gasteiger partial charge in [-0.05, 0) is 36.4 Å². The lowest BCUT2D eigenvalue weighted by Crippen LogP contribution is -2.30. The molecule has 0 bridgehead atoms. The maximum Gasteiger partial charge on any atom is 0.251 e. The first-order valence-electron chi connectivity index (χ1n) is 8.92. The zero-order chi connectivity index (χ0) is 21.6. The van der Waals surface area contributed by atoms with Gasteiger partial charge in [-0.1, -0.05) is 19.9 Å². The molecule has 0 spiro atoms. The van der Waals surface area contributed by atoms with Crippen LogP contribution in [0.25, 0.3) is 0 Å². The van der Waals surface area contributed by atoms with E-state index in [4.69, 9.17) is 5.73 Å². The fourth-order valence-corrected chi connectivity index (χ4v) is 4.16. The number of hydrogen-bond acceptors (Lipinski definition) is 5. The third-order valence-electron chi connectivity index (χ3n) is 4.15. The molecule has 156 valence electrons. The van der Waals surface area contributed by atoms with Gasteiger partial charge in [0.1, 0.15) is 5.82 Å². The fourth-order valence-electron chi connectivity index (χ4n) is 2.66. The Labute approximate surface area is 168 Å². The van der Waals surface area contributed by atoms with E-state index in [0.717, 1.165) is 6.07 Å². The van der Waals surface area contributed by atoms with Crippen LogP contribution in [0.15, 0.2) is 47.4 Å². The monoisotopic (exact) mass is 422 g/mol. The van der Waals surface area contributed by atoms with E-state index in [9.17, 15) is 22.4 Å². The molecule has 2 amide bonds. The third-order valence-corrected chi connectivity index (χ3v) is 6.19. The average molecular weight is 422 g/mol. The number of anilines is 2. The summed E-state index contributed by atoms with van der Waals surface area (Å²) in [5, 5.41) is 5.31. The van der Waals surface area contributed by atoms with Gasteiger partial charge in [0.25, 0.3) is 5.91 Å². The number of primary amides is 1. The van der Waals surface area contributed by atoms with Crippen molar-refractivity contribution in [2.24, 2.45) is 5.73 Å². The van der Waals surface area contributed by atoms with Gasteiger partial charge >= 0.3 is 0 Å². The number of carbonyl (C=O) groups excluding carboxylic acids is 2. The highest BCUT2D eigenvalue weighted by molar-refractivity contribution is 7.89. The summed E-state index contributed by atoms with van der Waals surface area (Å²) in [5.41, 5.74) is 5.41. The molecule has 0 saturated carbocycles. The second-order valence-electron chi connectivity index (χ2n) is 6.08. The van der Waals surface area contributed by atoms with Gasteiger partial charge in [-0.15, -0.1) is 0 Å². The molecule has 10 heteroatoms. The Morgan fingerprint density at radius 2 is 1.76 bits per heavy atom. The van der Waals surface area contributed by atoms with Gasteiger partial charge in [0.15, 0.2) is 0 Å². The van der Waals surface area contributed by atoms with E-state index in [1.807, 2.05) is 0 Å². The van der Waals surface area contributed by atoms with Gasteiger partial charge in [0, 0.05) is 24.5 Å². The summed E-state index contributed by atoms with van der Waals surface area (Å²) in [6.07, 6.45) is 0. The molecule has 0 aliphatic heterocycles. The number of rotatable bonds is 9. The van der Waals surface area contributed by atoms with Gasteiger partial charge in [0.05, 0.1) is 17.0 Å². The van der Waals surface area contributed by atoms with Crippen LogP contribution < -0.4 is 16.4 Å². The lowest BCUT2D eigenvalue weighted by atomic mass is 10.2. The van der Waals surface area contributed by atoms with Crippen LogP contribution in [0, 0.1) is 5.82 Å². The van der Waals surface area contributed by atoms with Crippen molar-refractivity contribution in [2.75, 3.05) is 30.3 Å². The molecule has 8 nitrogen and oxygen atoms in total. The molecular weight excluding hydrogens is 399 g/mol. The molecule has 0 radical (unpaired) electrons. The highest BCUT2D eigenvalue weighted by atomic mass is 32.2. The first-order chi connectivity index (χ1) is 13.7. The Morgan fingerprint density at radius 1 is 1.07 bits per heavy atom. The standard InChI is InChI=1S/C19H23FN4O4S/c1-3-24(4-2)29(27,28)15-7-5-6-14(10-15)23-18(25)12-22-13-8-9-16(19(21)26)17(20)11-13/h5-11,22H,3-4,12H2,1-2H3,(H2,21,26)(H,23,25). The van der Waals surface area contributed by atoms with E-state index in [1.165, 1.54) is 34.6 Å². The molecule has 0 aromatic heterocycles. The van der Waals surface area contributed by atoms with Crippen molar-refractivity contribution < 1.29 is 22.4 Å².